The first-order valence-electron chi connectivity index (χ1n) is 9.84. The number of hydrogen-bond donors (Lipinski definition) is 0. The predicted molar refractivity (Wildman–Crippen MR) is 113 cm³/mol. The lowest BCUT2D eigenvalue weighted by Gasteiger charge is -2.17. The van der Waals surface area contributed by atoms with Crippen LogP contribution >= 0.6 is 0 Å². The zero-order valence-corrected chi connectivity index (χ0v) is 18.3. The van der Waals surface area contributed by atoms with Gasteiger partial charge in [-0.1, -0.05) is 0 Å². The Bertz CT molecular complexity index is 1150. The van der Waals surface area contributed by atoms with Gasteiger partial charge in [-0.15, -0.1) is 0 Å². The number of carbonyl (C=O) groups is 2. The minimum Gasteiger partial charge on any atom is -0.454 e. The maximum atomic E-state index is 12.8. The third kappa shape index (κ3) is 4.18. The van der Waals surface area contributed by atoms with Gasteiger partial charge in [-0.05, 0) is 45.9 Å². The van der Waals surface area contributed by atoms with Crippen molar-refractivity contribution < 1.29 is 23.5 Å². The normalized spacial score (nSPS) is 11.9. The molecule has 3 heterocycles. The number of nitrogens with zero attached hydrogens (tertiary/aromatic N) is 3. The number of ketones is 1. The van der Waals surface area contributed by atoms with E-state index in [1.165, 1.54) is 0 Å². The van der Waals surface area contributed by atoms with Crippen LogP contribution in [0.25, 0.3) is 5.88 Å². The number of carbonyl (C=O) groups excluding carboxylic acids is 2. The van der Waals surface area contributed by atoms with Crippen molar-refractivity contribution in [3.63, 3.8) is 0 Å². The van der Waals surface area contributed by atoms with Gasteiger partial charge in [0.1, 0.15) is 23.0 Å². The molecule has 1 atom stereocenters. The summed E-state index contributed by atoms with van der Waals surface area (Å²) >= 11 is 0. The highest BCUT2D eigenvalue weighted by Gasteiger charge is 2.27. The molecule has 0 N–H and O–H groups in total. The van der Waals surface area contributed by atoms with Crippen LogP contribution in [-0.2, 0) is 9.47 Å². The highest BCUT2D eigenvalue weighted by molar-refractivity contribution is 6.01. The molecular formula is C23H25N3O5. The molecule has 0 unspecified atom stereocenters. The quantitative estimate of drug-likeness (QED) is 0.402. The number of aromatic nitrogens is 2. The topological polar surface area (TPSA) is 99.4 Å². The van der Waals surface area contributed by atoms with Gasteiger partial charge in [0.2, 0.25) is 11.7 Å². The summed E-state index contributed by atoms with van der Waals surface area (Å²) in [5, 5.41) is 9.57. The summed E-state index contributed by atoms with van der Waals surface area (Å²) in [7, 11) is 1.63. The Hall–Kier alpha value is -3.57. The summed E-state index contributed by atoms with van der Waals surface area (Å²) in [4.78, 5) is 25.5. The average Bonchev–Trinajstić information content (AvgIpc) is 3.43. The number of furan rings is 1. The molecule has 3 aromatic rings. The fraction of sp³-hybridized carbons (Fsp3) is 0.348. The van der Waals surface area contributed by atoms with Gasteiger partial charge in [-0.2, -0.15) is 5.26 Å². The number of nitriles is 1. The van der Waals surface area contributed by atoms with Crippen molar-refractivity contribution in [1.29, 1.82) is 5.26 Å². The Labute approximate surface area is 180 Å². The molecule has 0 radical (unpaired) electrons. The lowest BCUT2D eigenvalue weighted by Crippen LogP contribution is -2.17. The number of methoxy groups -OCH3 is 1. The van der Waals surface area contributed by atoms with E-state index in [1.54, 1.807) is 49.2 Å². The molecule has 8 nitrogen and oxygen atoms in total. The number of esters is 1. The summed E-state index contributed by atoms with van der Waals surface area (Å²) in [6.45, 7) is 7.43. The lowest BCUT2D eigenvalue weighted by molar-refractivity contribution is 0.0472. The second kappa shape index (κ2) is 9.06. The molecule has 3 rings (SSSR count). The largest absolute Gasteiger partial charge is 0.454 e. The lowest BCUT2D eigenvalue weighted by atomic mass is 10.1. The zero-order valence-electron chi connectivity index (χ0n) is 18.3. The average molecular weight is 423 g/mol. The molecule has 0 spiro atoms. The maximum absolute atomic E-state index is 12.8. The fourth-order valence-electron chi connectivity index (χ4n) is 3.87. The number of aryl methyl sites for hydroxylation is 2. The van der Waals surface area contributed by atoms with Crippen LogP contribution in [0.4, 0.5) is 0 Å². The van der Waals surface area contributed by atoms with Gasteiger partial charge in [0, 0.05) is 36.5 Å². The van der Waals surface area contributed by atoms with Crippen molar-refractivity contribution in [2.45, 2.75) is 33.7 Å². The molecule has 0 bridgehead atoms. The molecule has 0 aliphatic rings. The van der Waals surface area contributed by atoms with Gasteiger partial charge >= 0.3 is 5.97 Å². The molecule has 0 amide bonds. The van der Waals surface area contributed by atoms with E-state index in [4.69, 9.17) is 13.9 Å². The number of hydrogen-bond acceptors (Lipinski definition) is 6. The van der Waals surface area contributed by atoms with Gasteiger partial charge in [0.25, 0.3) is 0 Å². The van der Waals surface area contributed by atoms with Crippen molar-refractivity contribution in [3.05, 3.63) is 64.4 Å². The first-order valence-corrected chi connectivity index (χ1v) is 9.84. The van der Waals surface area contributed by atoms with Crippen molar-refractivity contribution in [3.8, 4) is 12.0 Å². The summed E-state index contributed by atoms with van der Waals surface area (Å²) in [5.41, 5.74) is 2.29. The second-order valence-electron chi connectivity index (χ2n) is 7.37. The molecule has 162 valence electrons. The maximum Gasteiger partial charge on any atom is 0.343 e. The number of rotatable bonds is 8. The van der Waals surface area contributed by atoms with Crippen LogP contribution in [-0.4, -0.2) is 41.2 Å². The summed E-state index contributed by atoms with van der Waals surface area (Å²) < 4.78 is 19.7. The summed E-state index contributed by atoms with van der Waals surface area (Å²) in [6.07, 6.45) is 3.41. The van der Waals surface area contributed by atoms with Crippen molar-refractivity contribution in [2.75, 3.05) is 20.3 Å². The van der Waals surface area contributed by atoms with Crippen LogP contribution in [0, 0.1) is 32.1 Å². The van der Waals surface area contributed by atoms with Gasteiger partial charge in [0.15, 0.2) is 6.61 Å². The zero-order chi connectivity index (χ0) is 22.7. The Balaban J connectivity index is 1.79. The van der Waals surface area contributed by atoms with Crippen LogP contribution in [0.2, 0.25) is 0 Å². The first kappa shape index (κ1) is 22.1. The smallest absolute Gasteiger partial charge is 0.343 e. The fourth-order valence-corrected chi connectivity index (χ4v) is 3.87. The van der Waals surface area contributed by atoms with E-state index in [0.29, 0.717) is 12.2 Å². The second-order valence-corrected chi connectivity index (χ2v) is 7.37. The molecule has 3 aromatic heterocycles. The van der Waals surface area contributed by atoms with Gasteiger partial charge in [-0.25, -0.2) is 4.79 Å². The molecular weight excluding hydrogens is 398 g/mol. The Kier molecular flexibility index (Phi) is 6.47. The van der Waals surface area contributed by atoms with Crippen LogP contribution in [0.15, 0.2) is 35.0 Å². The van der Waals surface area contributed by atoms with E-state index in [0.717, 1.165) is 11.4 Å². The summed E-state index contributed by atoms with van der Waals surface area (Å²) in [6, 6.07) is 7.40. The van der Waals surface area contributed by atoms with Crippen LogP contribution in [0.3, 0.4) is 0 Å². The van der Waals surface area contributed by atoms with Crippen LogP contribution in [0.5, 0.6) is 0 Å². The van der Waals surface area contributed by atoms with Crippen LogP contribution < -0.4 is 0 Å². The van der Waals surface area contributed by atoms with E-state index < -0.39 is 12.6 Å². The SMILES string of the molecule is COC[C@@H](C)n1c(C)cc(C(=O)COC(=O)c2c(C)oc(-n3cccc3)c2C#N)c1C. The molecule has 0 aliphatic carbocycles. The van der Waals surface area contributed by atoms with Crippen molar-refractivity contribution >= 4 is 11.8 Å². The van der Waals surface area contributed by atoms with E-state index in [1.807, 2.05) is 31.4 Å². The highest BCUT2D eigenvalue weighted by Crippen LogP contribution is 2.26. The van der Waals surface area contributed by atoms with Crippen molar-refractivity contribution in [2.24, 2.45) is 0 Å². The van der Waals surface area contributed by atoms with E-state index in [9.17, 15) is 14.9 Å². The minimum absolute atomic E-state index is 0.0261. The van der Waals surface area contributed by atoms with Gasteiger partial charge < -0.3 is 18.5 Å². The van der Waals surface area contributed by atoms with Gasteiger partial charge in [0.05, 0.1) is 12.6 Å². The Morgan fingerprint density at radius 1 is 1.23 bits per heavy atom. The standard InChI is InChI=1S/C23H25N3O5/c1-14-10-18(16(3)26(14)15(2)12-29-5)20(27)13-30-23(28)21-17(4)31-22(19(21)11-24)25-8-6-7-9-25/h6-10,15H,12-13H2,1-5H3/t15-/m1/s1. The number of Topliss-reactive ketones (excluding diaryl/α,β-unsaturated/α-hetero) is 1. The Morgan fingerprint density at radius 3 is 2.52 bits per heavy atom. The van der Waals surface area contributed by atoms with E-state index in [2.05, 4.69) is 0 Å². The van der Waals surface area contributed by atoms with Crippen LogP contribution in [0.1, 0.15) is 56.4 Å². The molecule has 31 heavy (non-hydrogen) atoms. The predicted octanol–water partition coefficient (Wildman–Crippen LogP) is 3.92. The molecule has 8 heteroatoms. The molecule has 0 fully saturated rings. The summed E-state index contributed by atoms with van der Waals surface area (Å²) in [5.74, 6) is -0.600. The highest BCUT2D eigenvalue weighted by atomic mass is 16.5. The minimum atomic E-state index is -0.772. The molecule has 0 aliphatic heterocycles. The Morgan fingerprint density at radius 2 is 1.90 bits per heavy atom. The van der Waals surface area contributed by atoms with Crippen molar-refractivity contribution in [1.82, 2.24) is 9.13 Å². The van der Waals surface area contributed by atoms with E-state index in [-0.39, 0.29) is 34.6 Å². The molecule has 0 aromatic carbocycles. The third-order valence-corrected chi connectivity index (χ3v) is 5.19. The molecule has 0 saturated heterocycles. The third-order valence-electron chi connectivity index (χ3n) is 5.19. The first-order chi connectivity index (χ1) is 14.8. The van der Waals surface area contributed by atoms with Gasteiger partial charge in [-0.3, -0.25) is 9.36 Å². The molecule has 0 saturated carbocycles. The van der Waals surface area contributed by atoms with E-state index >= 15 is 0 Å². The monoisotopic (exact) mass is 423 g/mol. The number of ether oxygens (including phenoxy) is 2.